The van der Waals surface area contributed by atoms with Gasteiger partial charge in [-0.05, 0) is 18.2 Å². The molecule has 0 radical (unpaired) electrons. The quantitative estimate of drug-likeness (QED) is 0.735. The lowest BCUT2D eigenvalue weighted by molar-refractivity contribution is 0.0487. The molecule has 0 spiro atoms. The summed E-state index contributed by atoms with van der Waals surface area (Å²) in [7, 11) is 0. The van der Waals surface area contributed by atoms with Gasteiger partial charge in [0.2, 0.25) is 0 Å². The smallest absolute Gasteiger partial charge is 0.256 e. The van der Waals surface area contributed by atoms with Crippen molar-refractivity contribution in [2.24, 2.45) is 0 Å². The summed E-state index contributed by atoms with van der Waals surface area (Å²) in [6, 6.07) is 11.4. The molecular weight excluding hydrogens is 354 g/mol. The van der Waals surface area contributed by atoms with Gasteiger partial charge in [0.05, 0.1) is 11.8 Å². The number of carbonyl (C=O) groups is 1. The van der Waals surface area contributed by atoms with Gasteiger partial charge in [0.15, 0.2) is 0 Å². The highest BCUT2D eigenvalue weighted by Gasteiger charge is 2.25. The topological polar surface area (TPSA) is 72.7 Å². The number of nitrogens with zero attached hydrogens (tertiary/aromatic N) is 2. The molecule has 1 saturated heterocycles. The second-order valence-electron chi connectivity index (χ2n) is 6.37. The van der Waals surface area contributed by atoms with Gasteiger partial charge in [-0.1, -0.05) is 18.2 Å². The van der Waals surface area contributed by atoms with E-state index in [1.165, 1.54) is 0 Å². The molecule has 0 saturated carbocycles. The van der Waals surface area contributed by atoms with Crippen molar-refractivity contribution in [1.29, 1.82) is 0 Å². The van der Waals surface area contributed by atoms with Crippen molar-refractivity contribution in [3.8, 4) is 0 Å². The van der Waals surface area contributed by atoms with E-state index in [0.717, 1.165) is 29.6 Å². The number of aliphatic hydroxyl groups excluding tert-OH is 1. The fraction of sp³-hybridized carbons (Fsp3) is 0.316. The van der Waals surface area contributed by atoms with Gasteiger partial charge in [0.1, 0.15) is 11.9 Å². The number of nitrogens with one attached hydrogen (secondary N) is 1. The highest BCUT2D eigenvalue weighted by atomic mass is 35.5. The highest BCUT2D eigenvalue weighted by molar-refractivity contribution is 6.06. The number of H-pyrrole nitrogens is 1. The molecule has 4 rings (SSSR count). The number of halogens is 1. The largest absolute Gasteiger partial charge is 0.467 e. The van der Waals surface area contributed by atoms with Gasteiger partial charge in [-0.15, -0.1) is 12.4 Å². The molecular formula is C19H22ClN3O3. The van der Waals surface area contributed by atoms with E-state index in [1.807, 2.05) is 29.2 Å². The summed E-state index contributed by atoms with van der Waals surface area (Å²) < 4.78 is 5.24. The maximum Gasteiger partial charge on any atom is 0.256 e. The first kappa shape index (κ1) is 18.5. The summed E-state index contributed by atoms with van der Waals surface area (Å²) in [5, 5.41) is 11.1. The number of aliphatic hydroxyl groups is 1. The van der Waals surface area contributed by atoms with E-state index >= 15 is 0 Å². The fourth-order valence-corrected chi connectivity index (χ4v) is 3.37. The van der Waals surface area contributed by atoms with Crippen molar-refractivity contribution in [2.45, 2.75) is 6.10 Å². The minimum absolute atomic E-state index is 0. The summed E-state index contributed by atoms with van der Waals surface area (Å²) >= 11 is 0. The predicted molar refractivity (Wildman–Crippen MR) is 102 cm³/mol. The number of hydrogen-bond donors (Lipinski definition) is 2. The molecule has 2 N–H and O–H groups in total. The van der Waals surface area contributed by atoms with E-state index in [1.54, 1.807) is 24.6 Å². The van der Waals surface area contributed by atoms with Crippen LogP contribution in [0.5, 0.6) is 0 Å². The van der Waals surface area contributed by atoms with Crippen molar-refractivity contribution in [3.05, 3.63) is 60.2 Å². The van der Waals surface area contributed by atoms with Gasteiger partial charge in [0.25, 0.3) is 5.91 Å². The van der Waals surface area contributed by atoms with Crippen molar-refractivity contribution in [2.75, 3.05) is 32.7 Å². The molecule has 2 aromatic heterocycles. The van der Waals surface area contributed by atoms with Crippen molar-refractivity contribution in [1.82, 2.24) is 14.8 Å². The van der Waals surface area contributed by atoms with E-state index < -0.39 is 6.10 Å². The Morgan fingerprint density at radius 3 is 2.65 bits per heavy atom. The lowest BCUT2D eigenvalue weighted by atomic mass is 10.1. The van der Waals surface area contributed by atoms with Crippen LogP contribution in [-0.4, -0.2) is 58.5 Å². The van der Waals surface area contributed by atoms with Gasteiger partial charge < -0.3 is 19.4 Å². The second kappa shape index (κ2) is 7.95. The number of piperazine rings is 1. The molecule has 1 atom stereocenters. The highest BCUT2D eigenvalue weighted by Crippen LogP contribution is 2.21. The number of fused-ring (bicyclic) bond motifs is 1. The number of aromatic amines is 1. The van der Waals surface area contributed by atoms with Crippen molar-refractivity contribution in [3.63, 3.8) is 0 Å². The Balaban J connectivity index is 0.00000196. The maximum absolute atomic E-state index is 12.8. The number of amides is 1. The number of carbonyl (C=O) groups excluding carboxylic acids is 1. The first-order chi connectivity index (χ1) is 12.2. The molecule has 0 aliphatic carbocycles. The summed E-state index contributed by atoms with van der Waals surface area (Å²) in [5.74, 6) is 0.640. The Bertz CT molecular complexity index is 854. The number of aromatic nitrogens is 1. The van der Waals surface area contributed by atoms with E-state index in [9.17, 15) is 9.90 Å². The van der Waals surface area contributed by atoms with Crippen LogP contribution < -0.4 is 0 Å². The number of furan rings is 1. The molecule has 138 valence electrons. The minimum Gasteiger partial charge on any atom is -0.467 e. The molecule has 6 nitrogen and oxygen atoms in total. The molecule has 26 heavy (non-hydrogen) atoms. The lowest BCUT2D eigenvalue weighted by Crippen LogP contribution is -2.49. The monoisotopic (exact) mass is 375 g/mol. The van der Waals surface area contributed by atoms with Gasteiger partial charge in [0, 0.05) is 49.8 Å². The van der Waals surface area contributed by atoms with E-state index in [2.05, 4.69) is 9.88 Å². The Morgan fingerprint density at radius 1 is 1.15 bits per heavy atom. The molecule has 3 aromatic rings. The van der Waals surface area contributed by atoms with Gasteiger partial charge >= 0.3 is 0 Å². The van der Waals surface area contributed by atoms with Crippen LogP contribution in [0.3, 0.4) is 0 Å². The Morgan fingerprint density at radius 2 is 1.92 bits per heavy atom. The third-order valence-electron chi connectivity index (χ3n) is 4.78. The van der Waals surface area contributed by atoms with Crippen LogP contribution >= 0.6 is 12.4 Å². The third-order valence-corrected chi connectivity index (χ3v) is 4.78. The standard InChI is InChI=1S/C19H21N3O3.ClH/c23-17(18-6-3-11-25-18)13-21-7-9-22(10-8-21)19(24)15-12-20-16-5-2-1-4-14(15)16;/h1-6,11-12,17,20,23H,7-10,13H2;1H. The molecule has 7 heteroatoms. The summed E-state index contributed by atoms with van der Waals surface area (Å²) in [6.45, 7) is 3.31. The van der Waals surface area contributed by atoms with Crippen LogP contribution in [0.1, 0.15) is 22.2 Å². The number of para-hydroxylation sites is 1. The molecule has 3 heterocycles. The summed E-state index contributed by atoms with van der Waals surface area (Å²) in [6.07, 6.45) is 2.72. The van der Waals surface area contributed by atoms with Crippen LogP contribution in [0, 0.1) is 0 Å². The summed E-state index contributed by atoms with van der Waals surface area (Å²) in [5.41, 5.74) is 1.70. The van der Waals surface area contributed by atoms with Crippen LogP contribution in [0.4, 0.5) is 0 Å². The van der Waals surface area contributed by atoms with Crippen LogP contribution in [-0.2, 0) is 0 Å². The minimum atomic E-state index is -0.633. The maximum atomic E-state index is 12.8. The van der Waals surface area contributed by atoms with Gasteiger partial charge in [-0.25, -0.2) is 0 Å². The third kappa shape index (κ3) is 3.62. The number of hydrogen-bond acceptors (Lipinski definition) is 4. The average Bonchev–Trinajstić information content (AvgIpc) is 3.32. The second-order valence-corrected chi connectivity index (χ2v) is 6.37. The van der Waals surface area contributed by atoms with Crippen LogP contribution in [0.25, 0.3) is 10.9 Å². The molecule has 1 aliphatic rings. The van der Waals surface area contributed by atoms with Crippen molar-refractivity contribution < 1.29 is 14.3 Å². The normalized spacial score (nSPS) is 16.4. The molecule has 1 aliphatic heterocycles. The van der Waals surface area contributed by atoms with Gasteiger partial charge in [-0.2, -0.15) is 0 Å². The first-order valence-corrected chi connectivity index (χ1v) is 8.51. The SMILES string of the molecule is Cl.O=C(c1c[nH]c2ccccc12)N1CCN(CC(O)c2ccco2)CC1. The zero-order valence-corrected chi connectivity index (χ0v) is 15.1. The van der Waals surface area contributed by atoms with E-state index in [4.69, 9.17) is 4.42 Å². The average molecular weight is 376 g/mol. The van der Waals surface area contributed by atoms with Crippen molar-refractivity contribution >= 4 is 29.2 Å². The van der Waals surface area contributed by atoms with Gasteiger partial charge in [-0.3, -0.25) is 9.69 Å². The molecule has 1 aromatic carbocycles. The Kier molecular flexibility index (Phi) is 5.66. The predicted octanol–water partition coefficient (Wildman–Crippen LogP) is 2.67. The zero-order valence-electron chi connectivity index (χ0n) is 14.3. The number of β-amino-alcohol motifs (C(OH)–C–C–N with tert-alkyl or cyclic N) is 1. The Labute approximate surface area is 157 Å². The Hall–Kier alpha value is -2.28. The van der Waals surface area contributed by atoms with E-state index in [-0.39, 0.29) is 18.3 Å². The molecule has 1 fully saturated rings. The first-order valence-electron chi connectivity index (χ1n) is 8.51. The van der Waals surface area contributed by atoms with E-state index in [0.29, 0.717) is 25.4 Å². The lowest BCUT2D eigenvalue weighted by Gasteiger charge is -2.35. The molecule has 0 bridgehead atoms. The molecule has 1 unspecified atom stereocenters. The number of rotatable bonds is 4. The fourth-order valence-electron chi connectivity index (χ4n) is 3.37. The summed E-state index contributed by atoms with van der Waals surface area (Å²) in [4.78, 5) is 20.0. The number of benzene rings is 1. The van der Waals surface area contributed by atoms with Crippen LogP contribution in [0.2, 0.25) is 0 Å². The van der Waals surface area contributed by atoms with Crippen LogP contribution in [0.15, 0.2) is 53.3 Å². The zero-order chi connectivity index (χ0) is 17.2. The molecule has 1 amide bonds.